The molecular formula is C32H21Li2O4-. The number of carbonyl (C=O) groups excluding carboxylic acids is 2. The summed E-state index contributed by atoms with van der Waals surface area (Å²) in [5, 5.41) is 10.9. The van der Waals surface area contributed by atoms with E-state index in [1.165, 1.54) is 0 Å². The van der Waals surface area contributed by atoms with Gasteiger partial charge in [0.25, 0.3) is 0 Å². The molecule has 5 rings (SSSR count). The van der Waals surface area contributed by atoms with Gasteiger partial charge in [0.15, 0.2) is 0 Å². The molecule has 0 bridgehead atoms. The van der Waals surface area contributed by atoms with Crippen molar-refractivity contribution in [3.8, 4) is 44.5 Å². The molecule has 0 aliphatic heterocycles. The molecule has 0 aliphatic carbocycles. The maximum absolute atomic E-state index is 10.9. The van der Waals surface area contributed by atoms with Crippen LogP contribution in [0.2, 0.25) is 0 Å². The van der Waals surface area contributed by atoms with Crippen molar-refractivity contribution in [3.63, 3.8) is 0 Å². The molecule has 38 heavy (non-hydrogen) atoms. The molecule has 0 saturated carbocycles. The molecule has 176 valence electrons. The summed E-state index contributed by atoms with van der Waals surface area (Å²) < 4.78 is 0. The van der Waals surface area contributed by atoms with Crippen LogP contribution in [0.15, 0.2) is 121 Å². The van der Waals surface area contributed by atoms with Crippen LogP contribution in [0.25, 0.3) is 44.5 Å². The van der Waals surface area contributed by atoms with Gasteiger partial charge >= 0.3 is 37.7 Å². The van der Waals surface area contributed by atoms with E-state index in [2.05, 4.69) is 60.7 Å². The molecule has 0 radical (unpaired) electrons. The van der Waals surface area contributed by atoms with Crippen molar-refractivity contribution < 1.29 is 57.9 Å². The maximum atomic E-state index is 10.9. The topological polar surface area (TPSA) is 87.2 Å². The predicted molar refractivity (Wildman–Crippen MR) is 139 cm³/mol. The number of rotatable bonds is 6. The first-order valence-electron chi connectivity index (χ1n) is 11.2. The number of carbonyl (C=O) groups is 1. The van der Waals surface area contributed by atoms with Crippen molar-refractivity contribution in [2.24, 2.45) is 0 Å². The summed E-state index contributed by atoms with van der Waals surface area (Å²) in [7, 11) is 0. The van der Waals surface area contributed by atoms with Gasteiger partial charge in [-0.3, -0.25) is 0 Å². The summed E-state index contributed by atoms with van der Waals surface area (Å²) in [5.74, 6) is -1.17. The SMILES string of the molecule is O=[C-]c1ccc(-c2ccc(-c3ccc(-c4ccc(-c5ccc(C(=O)[O-])cc5)cc4)cc3)cc2)cc1.[Li+].[Li+].[OH-]. The number of carboxylic acids is 1. The van der Waals surface area contributed by atoms with Gasteiger partial charge in [0, 0.05) is 0 Å². The van der Waals surface area contributed by atoms with Crippen LogP contribution in [0.3, 0.4) is 0 Å². The predicted octanol–water partition coefficient (Wildman–Crippen LogP) is 0.00710. The summed E-state index contributed by atoms with van der Waals surface area (Å²) >= 11 is 0. The van der Waals surface area contributed by atoms with Crippen molar-refractivity contribution in [3.05, 3.63) is 132 Å². The first kappa shape index (κ1) is 30.6. The Hall–Kier alpha value is -3.61. The number of benzene rings is 5. The van der Waals surface area contributed by atoms with Gasteiger partial charge in [0.05, 0.1) is 12.3 Å². The van der Waals surface area contributed by atoms with Crippen LogP contribution in [0, 0.1) is 0 Å². The molecule has 0 spiro atoms. The minimum atomic E-state index is -1.17. The third-order valence-corrected chi connectivity index (χ3v) is 6.11. The molecule has 5 aromatic rings. The summed E-state index contributed by atoms with van der Waals surface area (Å²) in [6.45, 7) is 0. The summed E-state index contributed by atoms with van der Waals surface area (Å²) in [5.41, 5.74) is 9.35. The molecule has 0 heterocycles. The summed E-state index contributed by atoms with van der Waals surface area (Å²) in [6.07, 6.45) is 1.90. The first-order chi connectivity index (χ1) is 17.1. The summed E-state index contributed by atoms with van der Waals surface area (Å²) in [6, 6.07) is 39.1. The smallest absolute Gasteiger partial charge is 0.870 e. The zero-order chi connectivity index (χ0) is 24.2. The van der Waals surface area contributed by atoms with Gasteiger partial charge in [0.2, 0.25) is 0 Å². The van der Waals surface area contributed by atoms with Crippen LogP contribution < -0.4 is 42.8 Å². The standard InChI is InChI=1S/C32H21O3.2Li.H2O/c33-21-22-1-3-23(4-2-22)24-5-7-25(8-6-24)26-9-11-27(12-10-26)28-13-15-29(16-14-28)30-17-19-31(20-18-30)32(34)35;;;/h1-20H,(H,34,35);;;1H2/q-1;2*+1;/p-2. The van der Waals surface area contributed by atoms with Crippen LogP contribution in [-0.4, -0.2) is 17.7 Å². The van der Waals surface area contributed by atoms with E-state index in [9.17, 15) is 14.7 Å². The number of hydrogen-bond donors (Lipinski definition) is 0. The molecule has 0 amide bonds. The van der Waals surface area contributed by atoms with Crippen molar-refractivity contribution in [2.45, 2.75) is 0 Å². The van der Waals surface area contributed by atoms with Gasteiger partial charge < -0.3 is 20.2 Å². The van der Waals surface area contributed by atoms with Crippen molar-refractivity contribution >= 4 is 12.3 Å². The Morgan fingerprint density at radius 3 is 0.868 bits per heavy atom. The Kier molecular flexibility index (Phi) is 11.1. The quantitative estimate of drug-likeness (QED) is 0.252. The fourth-order valence-electron chi connectivity index (χ4n) is 4.09. The molecular weight excluding hydrogens is 462 g/mol. The van der Waals surface area contributed by atoms with Crippen LogP contribution >= 0.6 is 0 Å². The first-order valence-corrected chi connectivity index (χ1v) is 11.2. The van der Waals surface area contributed by atoms with Crippen molar-refractivity contribution in [1.82, 2.24) is 0 Å². The molecule has 0 atom stereocenters. The van der Waals surface area contributed by atoms with Gasteiger partial charge in [-0.25, -0.2) is 0 Å². The molecule has 6 heteroatoms. The second kappa shape index (κ2) is 13.8. The Balaban J connectivity index is 0.00000169. The second-order valence-electron chi connectivity index (χ2n) is 8.28. The number of carboxylic acid groups (broad SMARTS) is 1. The molecule has 1 N–H and O–H groups in total. The van der Waals surface area contributed by atoms with Crippen molar-refractivity contribution in [2.75, 3.05) is 0 Å². The van der Waals surface area contributed by atoms with E-state index in [4.69, 9.17) is 0 Å². The molecule has 0 aromatic heterocycles. The van der Waals surface area contributed by atoms with E-state index in [0.717, 1.165) is 44.5 Å². The largest absolute Gasteiger partial charge is 1.00 e. The zero-order valence-corrected chi connectivity index (χ0v) is 21.2. The summed E-state index contributed by atoms with van der Waals surface area (Å²) in [4.78, 5) is 21.7. The molecule has 0 fully saturated rings. The average molecular weight is 483 g/mol. The van der Waals surface area contributed by atoms with Gasteiger partial charge in [0.1, 0.15) is 0 Å². The van der Waals surface area contributed by atoms with Crippen LogP contribution in [-0.2, 0) is 4.79 Å². The number of hydrogen-bond acceptors (Lipinski definition) is 4. The second-order valence-corrected chi connectivity index (χ2v) is 8.28. The monoisotopic (exact) mass is 483 g/mol. The minimum absolute atomic E-state index is 0. The van der Waals surface area contributed by atoms with E-state index in [0.29, 0.717) is 5.56 Å². The normalized spacial score (nSPS) is 9.79. The van der Waals surface area contributed by atoms with E-state index in [1.54, 1.807) is 36.4 Å². The fraction of sp³-hybridized carbons (Fsp3) is 0. The van der Waals surface area contributed by atoms with E-state index >= 15 is 0 Å². The van der Waals surface area contributed by atoms with Crippen molar-refractivity contribution in [1.29, 1.82) is 0 Å². The van der Waals surface area contributed by atoms with Gasteiger partial charge in [-0.15, -0.1) is 12.1 Å². The third-order valence-electron chi connectivity index (χ3n) is 6.11. The third kappa shape index (κ3) is 6.83. The Morgan fingerprint density at radius 2 is 0.658 bits per heavy atom. The molecule has 5 aromatic carbocycles. The van der Waals surface area contributed by atoms with Gasteiger partial charge in [-0.05, 0) is 50.1 Å². The molecule has 0 aliphatic rings. The number of aromatic carboxylic acids is 1. The Labute approximate surface area is 246 Å². The zero-order valence-electron chi connectivity index (χ0n) is 21.2. The van der Waals surface area contributed by atoms with Crippen LogP contribution in [0.5, 0.6) is 0 Å². The Bertz CT molecular complexity index is 1480. The average Bonchev–Trinajstić information content (AvgIpc) is 2.93. The van der Waals surface area contributed by atoms with Crippen LogP contribution in [0.1, 0.15) is 15.9 Å². The minimum Gasteiger partial charge on any atom is -0.870 e. The molecule has 0 saturated heterocycles. The fourth-order valence-corrected chi connectivity index (χ4v) is 4.09. The van der Waals surface area contributed by atoms with E-state index in [-0.39, 0.29) is 48.8 Å². The van der Waals surface area contributed by atoms with Crippen LogP contribution in [0.4, 0.5) is 0 Å². The van der Waals surface area contributed by atoms with Gasteiger partial charge in [-0.1, -0.05) is 97.1 Å². The molecule has 0 unspecified atom stereocenters. The Morgan fingerprint density at radius 1 is 0.447 bits per heavy atom. The van der Waals surface area contributed by atoms with Gasteiger partial charge in [-0.2, -0.15) is 17.7 Å². The van der Waals surface area contributed by atoms with E-state index < -0.39 is 5.97 Å². The maximum Gasteiger partial charge on any atom is 1.00 e. The van der Waals surface area contributed by atoms with E-state index in [1.807, 2.05) is 30.6 Å². The molecule has 4 nitrogen and oxygen atoms in total.